The fourth-order valence-electron chi connectivity index (χ4n) is 1.49. The molecule has 0 aliphatic carbocycles. The SMILES string of the molecule is CCc1c(N)cnc2cc(C(F)(F)F)nn12. The first-order valence-corrected chi connectivity index (χ1v) is 4.63. The Labute approximate surface area is 88.9 Å². The maximum absolute atomic E-state index is 12.4. The smallest absolute Gasteiger partial charge is 0.396 e. The summed E-state index contributed by atoms with van der Waals surface area (Å²) in [5.41, 5.74) is 5.67. The molecule has 2 aromatic heterocycles. The van der Waals surface area contributed by atoms with Crippen LogP contribution >= 0.6 is 0 Å². The molecule has 0 aliphatic heterocycles. The second-order valence-electron chi connectivity index (χ2n) is 3.31. The van der Waals surface area contributed by atoms with Crippen LogP contribution in [-0.2, 0) is 12.6 Å². The lowest BCUT2D eigenvalue weighted by atomic mass is 10.3. The zero-order valence-corrected chi connectivity index (χ0v) is 8.41. The Balaban J connectivity index is 2.71. The van der Waals surface area contributed by atoms with E-state index in [1.165, 1.54) is 6.20 Å². The molecule has 2 N–H and O–H groups in total. The summed E-state index contributed by atoms with van der Waals surface area (Å²) >= 11 is 0. The van der Waals surface area contributed by atoms with E-state index in [2.05, 4.69) is 10.1 Å². The van der Waals surface area contributed by atoms with Gasteiger partial charge in [0.2, 0.25) is 0 Å². The number of nitrogen functional groups attached to an aromatic ring is 1. The lowest BCUT2D eigenvalue weighted by molar-refractivity contribution is -0.141. The third-order valence-corrected chi connectivity index (χ3v) is 2.24. The minimum absolute atomic E-state index is 0.151. The minimum atomic E-state index is -4.46. The van der Waals surface area contributed by atoms with E-state index >= 15 is 0 Å². The summed E-state index contributed by atoms with van der Waals surface area (Å²) in [5, 5.41) is 3.46. The van der Waals surface area contributed by atoms with Crippen molar-refractivity contribution in [1.82, 2.24) is 14.6 Å². The fourth-order valence-corrected chi connectivity index (χ4v) is 1.49. The van der Waals surface area contributed by atoms with E-state index in [4.69, 9.17) is 5.73 Å². The molecule has 0 fully saturated rings. The third kappa shape index (κ3) is 1.58. The second-order valence-corrected chi connectivity index (χ2v) is 3.31. The van der Waals surface area contributed by atoms with Crippen molar-refractivity contribution >= 4 is 11.3 Å². The number of nitrogens with two attached hydrogens (primary N) is 1. The maximum atomic E-state index is 12.4. The van der Waals surface area contributed by atoms with Crippen molar-refractivity contribution in [2.45, 2.75) is 19.5 Å². The van der Waals surface area contributed by atoms with Crippen molar-refractivity contribution in [2.75, 3.05) is 5.73 Å². The van der Waals surface area contributed by atoms with E-state index in [9.17, 15) is 13.2 Å². The maximum Gasteiger partial charge on any atom is 0.435 e. The van der Waals surface area contributed by atoms with Crippen LogP contribution in [0.25, 0.3) is 5.65 Å². The molecular formula is C9H9F3N4. The summed E-state index contributed by atoms with van der Waals surface area (Å²) < 4.78 is 38.4. The van der Waals surface area contributed by atoms with Crippen LogP contribution in [0.15, 0.2) is 12.3 Å². The number of fused-ring (bicyclic) bond motifs is 1. The Bertz CT molecular complexity index is 529. The van der Waals surface area contributed by atoms with Crippen LogP contribution in [0.3, 0.4) is 0 Å². The molecule has 0 radical (unpaired) electrons. The lowest BCUT2D eigenvalue weighted by Crippen LogP contribution is -2.08. The summed E-state index contributed by atoms with van der Waals surface area (Å²) in [6, 6.07) is 0.901. The van der Waals surface area contributed by atoms with Crippen molar-refractivity contribution in [3.05, 3.63) is 23.7 Å². The first-order valence-electron chi connectivity index (χ1n) is 4.63. The zero-order valence-electron chi connectivity index (χ0n) is 8.41. The van der Waals surface area contributed by atoms with Gasteiger partial charge in [0.25, 0.3) is 0 Å². The first kappa shape index (κ1) is 10.7. The number of aromatic nitrogens is 3. The molecule has 16 heavy (non-hydrogen) atoms. The van der Waals surface area contributed by atoms with Gasteiger partial charge in [0.05, 0.1) is 17.6 Å². The topological polar surface area (TPSA) is 56.2 Å². The van der Waals surface area contributed by atoms with E-state index in [1.807, 2.05) is 0 Å². The minimum Gasteiger partial charge on any atom is -0.396 e. The van der Waals surface area contributed by atoms with Crippen LogP contribution in [0.2, 0.25) is 0 Å². The van der Waals surface area contributed by atoms with Crippen molar-refractivity contribution in [1.29, 1.82) is 0 Å². The molecule has 0 bridgehead atoms. The second kappa shape index (κ2) is 3.36. The quantitative estimate of drug-likeness (QED) is 0.813. The van der Waals surface area contributed by atoms with Crippen LogP contribution in [0.4, 0.5) is 18.9 Å². The summed E-state index contributed by atoms with van der Waals surface area (Å²) in [4.78, 5) is 3.80. The molecule has 4 nitrogen and oxygen atoms in total. The van der Waals surface area contributed by atoms with Gasteiger partial charge < -0.3 is 5.73 Å². The molecule has 2 rings (SSSR count). The predicted octanol–water partition coefficient (Wildman–Crippen LogP) is 1.89. The highest BCUT2D eigenvalue weighted by Crippen LogP contribution is 2.29. The summed E-state index contributed by atoms with van der Waals surface area (Å²) in [6.45, 7) is 1.79. The number of anilines is 1. The van der Waals surface area contributed by atoms with Crippen molar-refractivity contribution in [3.63, 3.8) is 0 Å². The van der Waals surface area contributed by atoms with Crippen molar-refractivity contribution in [2.24, 2.45) is 0 Å². The zero-order chi connectivity index (χ0) is 11.9. The van der Waals surface area contributed by atoms with Gasteiger partial charge in [-0.1, -0.05) is 6.92 Å². The summed E-state index contributed by atoms with van der Waals surface area (Å²) in [6.07, 6.45) is -2.63. The van der Waals surface area contributed by atoms with Gasteiger partial charge in [0, 0.05) is 6.07 Å². The third-order valence-electron chi connectivity index (χ3n) is 2.24. The molecule has 2 heterocycles. The highest BCUT2D eigenvalue weighted by atomic mass is 19.4. The number of aryl methyl sites for hydroxylation is 1. The van der Waals surface area contributed by atoms with E-state index < -0.39 is 11.9 Å². The van der Waals surface area contributed by atoms with Gasteiger partial charge in [-0.3, -0.25) is 0 Å². The standard InChI is InChI=1S/C9H9F3N4/c1-2-6-5(13)4-14-8-3-7(9(10,11)12)15-16(6)8/h3-4H,2,13H2,1H3. The van der Waals surface area contributed by atoms with E-state index in [0.717, 1.165) is 10.6 Å². The highest BCUT2D eigenvalue weighted by molar-refractivity contribution is 5.50. The Morgan fingerprint density at radius 3 is 2.69 bits per heavy atom. The van der Waals surface area contributed by atoms with Crippen LogP contribution in [0.5, 0.6) is 0 Å². The number of nitrogens with zero attached hydrogens (tertiary/aromatic N) is 3. The van der Waals surface area contributed by atoms with Crippen LogP contribution in [0, 0.1) is 0 Å². The predicted molar refractivity (Wildman–Crippen MR) is 51.8 cm³/mol. The molecule has 0 amide bonds. The number of alkyl halides is 3. The molecule has 0 spiro atoms. The average Bonchev–Trinajstić information content (AvgIpc) is 2.60. The van der Waals surface area contributed by atoms with Gasteiger partial charge in [-0.2, -0.15) is 18.3 Å². The van der Waals surface area contributed by atoms with Crippen LogP contribution < -0.4 is 5.73 Å². The average molecular weight is 230 g/mol. The Morgan fingerprint density at radius 1 is 1.44 bits per heavy atom. The van der Waals surface area contributed by atoms with Gasteiger partial charge in [-0.25, -0.2) is 9.50 Å². The van der Waals surface area contributed by atoms with Gasteiger partial charge >= 0.3 is 6.18 Å². The first-order chi connectivity index (χ1) is 7.43. The molecule has 7 heteroatoms. The molecule has 2 aromatic rings. The Kier molecular flexibility index (Phi) is 2.25. The Hall–Kier alpha value is -1.79. The normalized spacial score (nSPS) is 12.2. The lowest BCUT2D eigenvalue weighted by Gasteiger charge is -2.04. The van der Waals surface area contributed by atoms with Crippen molar-refractivity contribution in [3.8, 4) is 0 Å². The molecule has 0 aromatic carbocycles. The highest BCUT2D eigenvalue weighted by Gasteiger charge is 2.34. The molecular weight excluding hydrogens is 221 g/mol. The molecule has 0 atom stereocenters. The van der Waals surface area contributed by atoms with Gasteiger partial charge in [-0.15, -0.1) is 0 Å². The Morgan fingerprint density at radius 2 is 2.12 bits per heavy atom. The fraction of sp³-hybridized carbons (Fsp3) is 0.333. The molecule has 0 unspecified atom stereocenters. The monoisotopic (exact) mass is 230 g/mol. The van der Waals surface area contributed by atoms with Gasteiger partial charge in [0.15, 0.2) is 11.3 Å². The molecule has 86 valence electrons. The number of hydrogen-bond acceptors (Lipinski definition) is 3. The van der Waals surface area contributed by atoms with Crippen LogP contribution in [0.1, 0.15) is 18.3 Å². The van der Waals surface area contributed by atoms with E-state index in [0.29, 0.717) is 17.8 Å². The van der Waals surface area contributed by atoms with Gasteiger partial charge in [-0.05, 0) is 6.42 Å². The van der Waals surface area contributed by atoms with E-state index in [-0.39, 0.29) is 5.65 Å². The summed E-state index contributed by atoms with van der Waals surface area (Å²) in [5.74, 6) is 0. The molecule has 0 aliphatic rings. The van der Waals surface area contributed by atoms with Gasteiger partial charge in [0.1, 0.15) is 0 Å². The molecule has 0 saturated carbocycles. The summed E-state index contributed by atoms with van der Waals surface area (Å²) in [7, 11) is 0. The largest absolute Gasteiger partial charge is 0.435 e. The number of rotatable bonds is 1. The van der Waals surface area contributed by atoms with Crippen LogP contribution in [-0.4, -0.2) is 14.6 Å². The van der Waals surface area contributed by atoms with E-state index in [1.54, 1.807) is 6.92 Å². The number of hydrogen-bond donors (Lipinski definition) is 1. The molecule has 0 saturated heterocycles. The number of halogens is 3. The van der Waals surface area contributed by atoms with Crippen molar-refractivity contribution < 1.29 is 13.2 Å².